The van der Waals surface area contributed by atoms with Crippen molar-refractivity contribution in [3.63, 3.8) is 0 Å². The first-order chi connectivity index (χ1) is 9.94. The van der Waals surface area contributed by atoms with Crippen LogP contribution in [0.15, 0.2) is 18.3 Å². The first kappa shape index (κ1) is 15.7. The van der Waals surface area contributed by atoms with Crippen molar-refractivity contribution in [2.75, 3.05) is 18.5 Å². The molecule has 1 aliphatic rings. The molecule has 1 fully saturated rings. The second-order valence-electron chi connectivity index (χ2n) is 6.08. The van der Waals surface area contributed by atoms with Crippen molar-refractivity contribution in [1.29, 1.82) is 0 Å². The van der Waals surface area contributed by atoms with Crippen molar-refractivity contribution in [1.82, 2.24) is 10.3 Å². The second-order valence-corrected chi connectivity index (χ2v) is 6.08. The highest BCUT2D eigenvalue weighted by Gasteiger charge is 2.19. The molecule has 0 unspecified atom stereocenters. The number of amides is 1. The zero-order valence-electron chi connectivity index (χ0n) is 12.8. The monoisotopic (exact) mass is 293 g/mol. The first-order valence-electron chi connectivity index (χ1n) is 7.19. The van der Waals surface area contributed by atoms with E-state index in [2.05, 4.69) is 15.6 Å². The molecule has 0 spiro atoms. The molecule has 0 bridgehead atoms. The number of anilines is 1. The summed E-state index contributed by atoms with van der Waals surface area (Å²) in [5.74, 6) is 0.526. The molecule has 0 aromatic carbocycles. The SMILES string of the molecule is CC(C)(C)OC(=O)Nc1ncccc1CN[C@H]1CCOC1. The Kier molecular flexibility index (Phi) is 5.14. The van der Waals surface area contributed by atoms with E-state index in [1.165, 1.54) is 0 Å². The van der Waals surface area contributed by atoms with Crippen molar-refractivity contribution in [2.45, 2.75) is 45.4 Å². The lowest BCUT2D eigenvalue weighted by atomic mass is 10.2. The van der Waals surface area contributed by atoms with Crippen LogP contribution in [-0.4, -0.2) is 35.9 Å². The molecule has 1 aliphatic heterocycles. The molecule has 2 N–H and O–H groups in total. The molecule has 1 amide bonds. The van der Waals surface area contributed by atoms with Gasteiger partial charge in [0.25, 0.3) is 0 Å². The summed E-state index contributed by atoms with van der Waals surface area (Å²) in [6.07, 6.45) is 2.16. The summed E-state index contributed by atoms with van der Waals surface area (Å²) in [4.78, 5) is 16.0. The lowest BCUT2D eigenvalue weighted by Crippen LogP contribution is -2.30. The maximum atomic E-state index is 11.8. The molecule has 21 heavy (non-hydrogen) atoms. The van der Waals surface area contributed by atoms with Crippen LogP contribution >= 0.6 is 0 Å². The maximum Gasteiger partial charge on any atom is 0.413 e. The number of nitrogens with one attached hydrogen (secondary N) is 2. The summed E-state index contributed by atoms with van der Waals surface area (Å²) in [5.41, 5.74) is 0.397. The zero-order valence-corrected chi connectivity index (χ0v) is 12.8. The molecule has 6 heteroatoms. The first-order valence-corrected chi connectivity index (χ1v) is 7.19. The van der Waals surface area contributed by atoms with Crippen molar-refractivity contribution in [3.05, 3.63) is 23.9 Å². The highest BCUT2D eigenvalue weighted by molar-refractivity contribution is 5.84. The number of rotatable bonds is 4. The van der Waals surface area contributed by atoms with Crippen LogP contribution in [0.4, 0.5) is 10.6 Å². The van der Waals surface area contributed by atoms with E-state index in [-0.39, 0.29) is 0 Å². The molecule has 1 aromatic rings. The molecule has 116 valence electrons. The third-order valence-electron chi connectivity index (χ3n) is 3.02. The van der Waals surface area contributed by atoms with Crippen LogP contribution in [0.25, 0.3) is 0 Å². The standard InChI is InChI=1S/C15H23N3O3/c1-15(2,3)21-14(19)18-13-11(5-4-7-16-13)9-17-12-6-8-20-10-12/h4-5,7,12,17H,6,8-10H2,1-3H3,(H,16,18,19)/t12-/m0/s1. The fourth-order valence-electron chi connectivity index (χ4n) is 2.04. The number of nitrogens with zero attached hydrogens (tertiary/aromatic N) is 1. The summed E-state index contributed by atoms with van der Waals surface area (Å²) < 4.78 is 10.6. The van der Waals surface area contributed by atoms with Crippen LogP contribution < -0.4 is 10.6 Å². The summed E-state index contributed by atoms with van der Waals surface area (Å²) in [5, 5.41) is 6.10. The number of hydrogen-bond donors (Lipinski definition) is 2. The molecule has 0 aliphatic carbocycles. The number of hydrogen-bond acceptors (Lipinski definition) is 5. The Morgan fingerprint density at radius 2 is 2.33 bits per heavy atom. The van der Waals surface area contributed by atoms with Gasteiger partial charge in [-0.15, -0.1) is 0 Å². The second kappa shape index (κ2) is 6.87. The minimum atomic E-state index is -0.529. The topological polar surface area (TPSA) is 72.5 Å². The van der Waals surface area contributed by atoms with E-state index in [9.17, 15) is 4.79 Å². The molecule has 1 atom stereocenters. The summed E-state index contributed by atoms with van der Waals surface area (Å²) in [6.45, 7) is 7.64. The predicted octanol–water partition coefficient (Wildman–Crippen LogP) is 2.31. The molecule has 1 aromatic heterocycles. The molecular weight excluding hydrogens is 270 g/mol. The van der Waals surface area contributed by atoms with Gasteiger partial charge in [-0.25, -0.2) is 9.78 Å². The third-order valence-corrected chi connectivity index (χ3v) is 3.02. The number of carbonyl (C=O) groups excluding carboxylic acids is 1. The average Bonchev–Trinajstić information content (AvgIpc) is 2.88. The number of carbonyl (C=O) groups is 1. The molecule has 0 radical (unpaired) electrons. The Labute approximate surface area is 125 Å². The van der Waals surface area contributed by atoms with Crippen molar-refractivity contribution >= 4 is 11.9 Å². The van der Waals surface area contributed by atoms with E-state index in [0.717, 1.165) is 25.2 Å². The van der Waals surface area contributed by atoms with Gasteiger partial charge in [-0.3, -0.25) is 5.32 Å². The van der Waals surface area contributed by atoms with Gasteiger partial charge in [0.2, 0.25) is 0 Å². The van der Waals surface area contributed by atoms with Gasteiger partial charge in [-0.1, -0.05) is 6.07 Å². The van der Waals surface area contributed by atoms with Crippen LogP contribution in [0.3, 0.4) is 0 Å². The van der Waals surface area contributed by atoms with E-state index >= 15 is 0 Å². The van der Waals surface area contributed by atoms with Crippen molar-refractivity contribution in [3.8, 4) is 0 Å². The lowest BCUT2D eigenvalue weighted by molar-refractivity contribution is 0.0635. The van der Waals surface area contributed by atoms with Gasteiger partial charge in [-0.05, 0) is 33.3 Å². The normalized spacial score (nSPS) is 18.5. The van der Waals surface area contributed by atoms with Crippen LogP contribution in [-0.2, 0) is 16.0 Å². The lowest BCUT2D eigenvalue weighted by Gasteiger charge is -2.20. The van der Waals surface area contributed by atoms with Gasteiger partial charge in [0.1, 0.15) is 11.4 Å². The molecule has 2 heterocycles. The van der Waals surface area contributed by atoms with Gasteiger partial charge >= 0.3 is 6.09 Å². The zero-order chi connectivity index (χ0) is 15.3. The maximum absolute atomic E-state index is 11.8. The fourth-order valence-corrected chi connectivity index (χ4v) is 2.04. The highest BCUT2D eigenvalue weighted by atomic mass is 16.6. The van der Waals surface area contributed by atoms with Gasteiger partial charge < -0.3 is 14.8 Å². The largest absolute Gasteiger partial charge is 0.444 e. The minimum Gasteiger partial charge on any atom is -0.444 e. The van der Waals surface area contributed by atoms with Crippen LogP contribution in [0.5, 0.6) is 0 Å². The predicted molar refractivity (Wildman–Crippen MR) is 80.2 cm³/mol. The van der Waals surface area contributed by atoms with Crippen LogP contribution in [0.2, 0.25) is 0 Å². The summed E-state index contributed by atoms with van der Waals surface area (Å²) >= 11 is 0. The van der Waals surface area contributed by atoms with E-state index in [4.69, 9.17) is 9.47 Å². The smallest absolute Gasteiger partial charge is 0.413 e. The number of pyridine rings is 1. The van der Waals surface area contributed by atoms with Crippen LogP contribution in [0, 0.1) is 0 Å². The molecule has 1 saturated heterocycles. The Bertz CT molecular complexity index is 479. The van der Waals surface area contributed by atoms with Gasteiger partial charge in [0.15, 0.2) is 0 Å². The molecular formula is C15H23N3O3. The average molecular weight is 293 g/mol. The molecule has 2 rings (SSSR count). The Balaban J connectivity index is 1.94. The third kappa shape index (κ3) is 5.32. The van der Waals surface area contributed by atoms with E-state index < -0.39 is 11.7 Å². The Morgan fingerprint density at radius 1 is 1.52 bits per heavy atom. The summed E-state index contributed by atoms with van der Waals surface area (Å²) in [6, 6.07) is 4.14. The van der Waals surface area contributed by atoms with Gasteiger partial charge in [0, 0.05) is 31.0 Å². The minimum absolute atomic E-state index is 0.361. The Hall–Kier alpha value is -1.66. The quantitative estimate of drug-likeness (QED) is 0.891. The van der Waals surface area contributed by atoms with Crippen molar-refractivity contribution in [2.24, 2.45) is 0 Å². The van der Waals surface area contributed by atoms with Crippen molar-refractivity contribution < 1.29 is 14.3 Å². The fraction of sp³-hybridized carbons (Fsp3) is 0.600. The molecule has 0 saturated carbocycles. The summed E-state index contributed by atoms with van der Waals surface area (Å²) in [7, 11) is 0. The van der Waals surface area contributed by atoms with E-state index in [1.54, 1.807) is 6.20 Å². The van der Waals surface area contributed by atoms with Crippen LogP contribution in [0.1, 0.15) is 32.8 Å². The van der Waals surface area contributed by atoms with Gasteiger partial charge in [-0.2, -0.15) is 0 Å². The van der Waals surface area contributed by atoms with E-state index in [1.807, 2.05) is 32.9 Å². The van der Waals surface area contributed by atoms with Gasteiger partial charge in [0.05, 0.1) is 6.61 Å². The Morgan fingerprint density at radius 3 is 3.00 bits per heavy atom. The molecule has 6 nitrogen and oxygen atoms in total. The number of ether oxygens (including phenoxy) is 2. The highest BCUT2D eigenvalue weighted by Crippen LogP contribution is 2.15. The number of aromatic nitrogens is 1. The van der Waals surface area contributed by atoms with E-state index in [0.29, 0.717) is 18.4 Å².